The van der Waals surface area contributed by atoms with Gasteiger partial charge in [-0.25, -0.2) is 4.98 Å². The number of carboxylic acids is 2. The van der Waals surface area contributed by atoms with Gasteiger partial charge in [0.15, 0.2) is 0 Å². The monoisotopic (exact) mass is 554 g/mol. The van der Waals surface area contributed by atoms with Crippen molar-refractivity contribution in [3.05, 3.63) is 69.3 Å². The Labute approximate surface area is 239 Å². The molecule has 5 heterocycles. The SMILES string of the molecule is CC1=C(C)c2cc3[nH]c(cc4[nH]c(cc5nc(cc1n2)C(C)C5(C)C)c(C)c4CCC(=O)O)c(CCC(=O)O)c3C. The van der Waals surface area contributed by atoms with Gasteiger partial charge >= 0.3 is 11.9 Å². The molecule has 1 atom stereocenters. The van der Waals surface area contributed by atoms with Crippen LogP contribution in [-0.2, 0) is 27.8 Å². The van der Waals surface area contributed by atoms with Crippen molar-refractivity contribution >= 4 is 45.2 Å². The number of aliphatic carboxylic acids is 2. The summed E-state index contributed by atoms with van der Waals surface area (Å²) in [4.78, 5) is 40.2. The summed E-state index contributed by atoms with van der Waals surface area (Å²) in [6, 6.07) is 8.22. The topological polar surface area (TPSA) is 132 Å². The predicted octanol–water partition coefficient (Wildman–Crippen LogP) is 7.00. The van der Waals surface area contributed by atoms with Crippen LogP contribution < -0.4 is 0 Å². The van der Waals surface area contributed by atoms with E-state index in [0.29, 0.717) is 12.8 Å². The third kappa shape index (κ3) is 5.07. The molecule has 8 bridgehead atoms. The van der Waals surface area contributed by atoms with Crippen LogP contribution in [0.3, 0.4) is 0 Å². The quantitative estimate of drug-likeness (QED) is 0.259. The van der Waals surface area contributed by atoms with E-state index in [9.17, 15) is 19.8 Å². The number of fused-ring (bicyclic) bond motifs is 8. The van der Waals surface area contributed by atoms with Crippen LogP contribution in [0, 0.1) is 13.8 Å². The summed E-state index contributed by atoms with van der Waals surface area (Å²) in [6.07, 6.45) is 0.752. The molecule has 0 amide bonds. The average Bonchev–Trinajstić information content (AvgIpc) is 3.51. The second kappa shape index (κ2) is 10.3. The van der Waals surface area contributed by atoms with Crippen molar-refractivity contribution < 1.29 is 19.8 Å². The molecule has 8 nitrogen and oxygen atoms in total. The van der Waals surface area contributed by atoms with E-state index in [4.69, 9.17) is 9.97 Å². The number of aromatic amines is 2. The van der Waals surface area contributed by atoms with Crippen LogP contribution in [0.4, 0.5) is 0 Å². The molecule has 0 radical (unpaired) electrons. The highest BCUT2D eigenvalue weighted by molar-refractivity contribution is 5.91. The first-order chi connectivity index (χ1) is 19.3. The lowest BCUT2D eigenvalue weighted by atomic mass is 9.78. The van der Waals surface area contributed by atoms with Crippen molar-refractivity contribution in [2.24, 2.45) is 0 Å². The standard InChI is InChI=1S/C33H38N4O4/c1-16-17(2)24-13-27-20(5)33(6,7)30(37-27)15-26-19(4)22(9-11-32(40)41)29(36-26)14-28-21(8-10-31(38)39)18(3)25(35-28)12-23(16)34-24/h12-15,20,35-36H,8-11H2,1-7H3,(H,38,39)(H,40,41). The Bertz CT molecular complexity index is 1790. The summed E-state index contributed by atoms with van der Waals surface area (Å²) >= 11 is 0. The molecule has 8 heteroatoms. The second-order valence-electron chi connectivity index (χ2n) is 12.0. The third-order valence-electron chi connectivity index (χ3n) is 9.22. The molecule has 214 valence electrons. The number of hydrogen-bond acceptors (Lipinski definition) is 4. The van der Waals surface area contributed by atoms with Crippen LogP contribution in [0.5, 0.6) is 0 Å². The lowest BCUT2D eigenvalue weighted by Crippen LogP contribution is -2.19. The van der Waals surface area contributed by atoms with Gasteiger partial charge in [-0.05, 0) is 98.2 Å². The highest BCUT2D eigenvalue weighted by Crippen LogP contribution is 2.42. The average molecular weight is 555 g/mol. The van der Waals surface area contributed by atoms with Crippen molar-refractivity contribution in [3.63, 3.8) is 0 Å². The summed E-state index contributed by atoms with van der Waals surface area (Å²) in [5, 5.41) is 18.9. The number of aromatic nitrogens is 4. The van der Waals surface area contributed by atoms with Gasteiger partial charge in [-0.15, -0.1) is 0 Å². The van der Waals surface area contributed by atoms with Crippen LogP contribution in [0.2, 0.25) is 0 Å². The predicted molar refractivity (Wildman–Crippen MR) is 162 cm³/mol. The van der Waals surface area contributed by atoms with E-state index in [-0.39, 0.29) is 24.2 Å². The molecule has 5 rings (SSSR count). The molecule has 3 aromatic heterocycles. The Morgan fingerprint density at radius 2 is 1.24 bits per heavy atom. The Morgan fingerprint density at radius 1 is 0.756 bits per heavy atom. The molecule has 0 aliphatic carbocycles. The summed E-state index contributed by atoms with van der Waals surface area (Å²) in [5.41, 5.74) is 12.9. The molecule has 0 spiro atoms. The fraction of sp³-hybridized carbons (Fsp3) is 0.394. The molecule has 1 unspecified atom stereocenters. The largest absolute Gasteiger partial charge is 0.481 e. The van der Waals surface area contributed by atoms with Crippen LogP contribution in [-0.4, -0.2) is 42.1 Å². The smallest absolute Gasteiger partial charge is 0.303 e. The number of H-pyrrole nitrogens is 2. The van der Waals surface area contributed by atoms with Crippen LogP contribution in [0.25, 0.3) is 33.2 Å². The van der Waals surface area contributed by atoms with Crippen LogP contribution >= 0.6 is 0 Å². The fourth-order valence-corrected chi connectivity index (χ4v) is 5.87. The van der Waals surface area contributed by atoms with E-state index in [1.165, 1.54) is 0 Å². The number of nitrogens with zero attached hydrogens (tertiary/aromatic N) is 2. The molecule has 2 aliphatic heterocycles. The first-order valence-corrected chi connectivity index (χ1v) is 14.1. The fourth-order valence-electron chi connectivity index (χ4n) is 5.87. The zero-order chi connectivity index (χ0) is 29.8. The van der Waals surface area contributed by atoms with E-state index in [2.05, 4.69) is 56.7 Å². The van der Waals surface area contributed by atoms with Crippen molar-refractivity contribution in [2.45, 2.75) is 85.5 Å². The second-order valence-corrected chi connectivity index (χ2v) is 12.0. The Morgan fingerprint density at radius 3 is 1.76 bits per heavy atom. The van der Waals surface area contributed by atoms with Gasteiger partial charge in [0.05, 0.1) is 11.4 Å². The summed E-state index contributed by atoms with van der Waals surface area (Å²) in [5.74, 6) is -1.54. The van der Waals surface area contributed by atoms with Gasteiger partial charge in [-0.1, -0.05) is 20.8 Å². The lowest BCUT2D eigenvalue weighted by molar-refractivity contribution is -0.138. The van der Waals surface area contributed by atoms with Crippen molar-refractivity contribution in [2.75, 3.05) is 0 Å². The molecule has 0 saturated carbocycles. The van der Waals surface area contributed by atoms with Gasteiger partial charge in [-0.3, -0.25) is 14.6 Å². The van der Waals surface area contributed by atoms with E-state index in [1.807, 2.05) is 26.0 Å². The Kier molecular flexibility index (Phi) is 7.14. The molecule has 0 saturated heterocycles. The van der Waals surface area contributed by atoms with E-state index in [0.717, 1.165) is 78.2 Å². The number of carboxylic acid groups (broad SMARTS) is 2. The zero-order valence-electron chi connectivity index (χ0n) is 24.8. The lowest BCUT2D eigenvalue weighted by Gasteiger charge is -2.23. The number of rotatable bonds is 6. The first-order valence-electron chi connectivity index (χ1n) is 14.1. The van der Waals surface area contributed by atoms with Gasteiger partial charge in [-0.2, -0.15) is 0 Å². The first kappa shape index (κ1) is 28.3. The molecule has 0 aromatic carbocycles. The van der Waals surface area contributed by atoms with Crippen LogP contribution in [0.1, 0.15) is 98.4 Å². The van der Waals surface area contributed by atoms with E-state index < -0.39 is 11.9 Å². The molecule has 4 N–H and O–H groups in total. The molecule has 0 fully saturated rings. The summed E-state index contributed by atoms with van der Waals surface area (Å²) < 4.78 is 0. The number of allylic oxidation sites excluding steroid dienone is 2. The van der Waals surface area contributed by atoms with E-state index >= 15 is 0 Å². The summed E-state index contributed by atoms with van der Waals surface area (Å²) in [7, 11) is 0. The van der Waals surface area contributed by atoms with Gasteiger partial charge in [0, 0.05) is 57.6 Å². The third-order valence-corrected chi connectivity index (χ3v) is 9.22. The molecular weight excluding hydrogens is 516 g/mol. The van der Waals surface area contributed by atoms with Crippen molar-refractivity contribution in [3.8, 4) is 0 Å². The highest BCUT2D eigenvalue weighted by Gasteiger charge is 2.36. The van der Waals surface area contributed by atoms with Crippen LogP contribution in [0.15, 0.2) is 24.3 Å². The molecule has 3 aromatic rings. The maximum Gasteiger partial charge on any atom is 0.303 e. The molecule has 41 heavy (non-hydrogen) atoms. The van der Waals surface area contributed by atoms with Crippen molar-refractivity contribution in [1.82, 2.24) is 19.9 Å². The highest BCUT2D eigenvalue weighted by atomic mass is 16.4. The summed E-state index contributed by atoms with van der Waals surface area (Å²) in [6.45, 7) is 14.8. The normalized spacial score (nSPS) is 16.3. The van der Waals surface area contributed by atoms with Gasteiger partial charge in [0.25, 0.3) is 0 Å². The molecular formula is C33H38N4O4. The minimum Gasteiger partial charge on any atom is -0.481 e. The minimum absolute atomic E-state index is 0.00516. The maximum absolute atomic E-state index is 11.5. The van der Waals surface area contributed by atoms with Gasteiger partial charge < -0.3 is 20.2 Å². The molecule has 2 aliphatic rings. The maximum atomic E-state index is 11.5. The van der Waals surface area contributed by atoms with Crippen molar-refractivity contribution in [1.29, 1.82) is 0 Å². The Hall–Kier alpha value is -4.20. The van der Waals surface area contributed by atoms with Gasteiger partial charge in [0.1, 0.15) is 0 Å². The number of hydrogen-bond donors (Lipinski definition) is 4. The number of carbonyl (C=O) groups is 2. The zero-order valence-corrected chi connectivity index (χ0v) is 24.8. The van der Waals surface area contributed by atoms with Gasteiger partial charge in [0.2, 0.25) is 0 Å². The Balaban J connectivity index is 1.93. The minimum atomic E-state index is -0.857. The van der Waals surface area contributed by atoms with E-state index in [1.54, 1.807) is 0 Å². The number of nitrogens with one attached hydrogen (secondary N) is 2. The number of aryl methyl sites for hydroxylation is 4.